The van der Waals surface area contributed by atoms with Crippen molar-refractivity contribution in [1.82, 2.24) is 19.5 Å². The van der Waals surface area contributed by atoms with E-state index < -0.39 is 11.6 Å². The van der Waals surface area contributed by atoms with Crippen LogP contribution in [0.25, 0.3) is 28.2 Å². The molecule has 0 saturated heterocycles. The van der Waals surface area contributed by atoms with Crippen molar-refractivity contribution in [3.63, 3.8) is 0 Å². The number of carbonyl (C=O) groups excluding carboxylic acids is 1. The highest BCUT2D eigenvalue weighted by Gasteiger charge is 2.21. The molecule has 28 heavy (non-hydrogen) atoms. The van der Waals surface area contributed by atoms with Gasteiger partial charge < -0.3 is 10.7 Å². The first kappa shape index (κ1) is 17.9. The molecule has 2 aromatic heterocycles. The smallest absolute Gasteiger partial charge is 0.332 e. The number of nitrogens with one attached hydrogen (secondary N) is 1. The average molecular weight is 394 g/mol. The van der Waals surface area contributed by atoms with Crippen molar-refractivity contribution in [1.29, 1.82) is 0 Å². The number of aryl methyl sites for hydroxylation is 2. The molecule has 0 spiro atoms. The number of rotatable bonds is 3. The van der Waals surface area contributed by atoms with Crippen LogP contribution >= 0.6 is 11.6 Å². The second-order valence-electron chi connectivity index (χ2n) is 6.47. The lowest BCUT2D eigenvalue weighted by atomic mass is 10.1. The molecule has 0 fully saturated rings. The molecular weight excluding hydrogens is 378 g/mol. The summed E-state index contributed by atoms with van der Waals surface area (Å²) in [5.74, 6) is -0.558. The van der Waals surface area contributed by atoms with Crippen LogP contribution in [0.3, 0.4) is 0 Å². The summed E-state index contributed by atoms with van der Waals surface area (Å²) in [7, 11) is 0. The van der Waals surface area contributed by atoms with E-state index in [1.54, 1.807) is 24.3 Å². The van der Waals surface area contributed by atoms with Gasteiger partial charge in [-0.25, -0.2) is 19.3 Å². The number of fused-ring (bicyclic) bond motifs is 1. The quantitative estimate of drug-likeness (QED) is 0.557. The predicted octanol–water partition coefficient (Wildman–Crippen LogP) is 3.14. The van der Waals surface area contributed by atoms with Gasteiger partial charge in [0.15, 0.2) is 17.2 Å². The number of hydrogen-bond acceptors (Lipinski definition) is 4. The molecule has 0 unspecified atom stereocenters. The monoisotopic (exact) mass is 393 g/mol. The van der Waals surface area contributed by atoms with Crippen molar-refractivity contribution in [2.75, 3.05) is 0 Å². The summed E-state index contributed by atoms with van der Waals surface area (Å²) in [5, 5.41) is 0.424. The molecule has 0 saturated carbocycles. The van der Waals surface area contributed by atoms with Gasteiger partial charge in [0.25, 0.3) is 5.91 Å². The van der Waals surface area contributed by atoms with Crippen molar-refractivity contribution in [2.24, 2.45) is 5.73 Å². The van der Waals surface area contributed by atoms with E-state index in [0.29, 0.717) is 16.3 Å². The largest absolute Gasteiger partial charge is 0.364 e. The van der Waals surface area contributed by atoms with Gasteiger partial charge in [-0.2, -0.15) is 0 Å². The summed E-state index contributed by atoms with van der Waals surface area (Å²) in [6, 6.07) is 12.6. The van der Waals surface area contributed by atoms with E-state index in [9.17, 15) is 9.59 Å². The zero-order valence-electron chi connectivity index (χ0n) is 15.2. The standard InChI is InChI=1S/C20H16ClN5O2/c1-10-7-8-12(9-11(10)2)26-19-16(24-20(26)28)15(17(22)27)23-18(25-19)13-5-3-4-6-14(13)21/h3-9H,1-2H3,(H2,22,27)(H,24,28). The fourth-order valence-electron chi connectivity index (χ4n) is 3.03. The summed E-state index contributed by atoms with van der Waals surface area (Å²) >= 11 is 6.27. The van der Waals surface area contributed by atoms with Gasteiger partial charge in [0, 0.05) is 5.56 Å². The van der Waals surface area contributed by atoms with Gasteiger partial charge in [-0.05, 0) is 49.2 Å². The second-order valence-corrected chi connectivity index (χ2v) is 6.88. The van der Waals surface area contributed by atoms with E-state index >= 15 is 0 Å². The number of H-pyrrole nitrogens is 1. The highest BCUT2D eigenvalue weighted by molar-refractivity contribution is 6.33. The third-order valence-electron chi connectivity index (χ3n) is 4.63. The van der Waals surface area contributed by atoms with E-state index in [2.05, 4.69) is 15.0 Å². The lowest BCUT2D eigenvalue weighted by Crippen LogP contribution is -2.15. The van der Waals surface area contributed by atoms with Crippen LogP contribution in [0.2, 0.25) is 5.02 Å². The number of imidazole rings is 1. The number of nitrogens with zero attached hydrogens (tertiary/aromatic N) is 3. The first-order valence-corrected chi connectivity index (χ1v) is 8.89. The Balaban J connectivity index is 2.09. The van der Waals surface area contributed by atoms with E-state index in [1.807, 2.05) is 32.0 Å². The molecule has 2 heterocycles. The third kappa shape index (κ3) is 2.86. The Hall–Kier alpha value is -3.45. The Kier molecular flexibility index (Phi) is 4.24. The second kappa shape index (κ2) is 6.61. The number of nitrogens with two attached hydrogens (primary N) is 1. The maximum atomic E-state index is 12.7. The van der Waals surface area contributed by atoms with Crippen molar-refractivity contribution in [3.8, 4) is 17.1 Å². The zero-order valence-corrected chi connectivity index (χ0v) is 15.9. The number of benzene rings is 2. The van der Waals surface area contributed by atoms with Crippen LogP contribution in [0.1, 0.15) is 21.6 Å². The predicted molar refractivity (Wildman–Crippen MR) is 108 cm³/mol. The maximum Gasteiger partial charge on any atom is 0.332 e. The Bertz CT molecular complexity index is 1310. The SMILES string of the molecule is Cc1ccc(-n2c(=O)[nH]c3c(C(N)=O)nc(-c4ccccc4Cl)nc32)cc1C. The molecule has 0 aliphatic heterocycles. The minimum Gasteiger partial charge on any atom is -0.364 e. The van der Waals surface area contributed by atoms with Gasteiger partial charge in [-0.1, -0.05) is 29.8 Å². The summed E-state index contributed by atoms with van der Waals surface area (Å²) < 4.78 is 1.40. The molecule has 0 radical (unpaired) electrons. The van der Waals surface area contributed by atoms with Crippen LogP contribution in [0.4, 0.5) is 0 Å². The van der Waals surface area contributed by atoms with Crippen LogP contribution in [0.15, 0.2) is 47.3 Å². The Labute approximate surface area is 164 Å². The molecule has 4 rings (SSSR count). The molecule has 0 aliphatic rings. The normalized spacial score (nSPS) is 11.1. The lowest BCUT2D eigenvalue weighted by molar-refractivity contribution is 0.0997. The van der Waals surface area contributed by atoms with E-state index in [1.165, 1.54) is 4.57 Å². The summed E-state index contributed by atoms with van der Waals surface area (Å²) in [5.41, 5.74) is 8.73. The third-order valence-corrected chi connectivity index (χ3v) is 4.96. The molecule has 0 bridgehead atoms. The van der Waals surface area contributed by atoms with Crippen molar-refractivity contribution in [2.45, 2.75) is 13.8 Å². The zero-order chi connectivity index (χ0) is 20.0. The van der Waals surface area contributed by atoms with Gasteiger partial charge >= 0.3 is 5.69 Å². The van der Waals surface area contributed by atoms with Gasteiger partial charge in [-0.3, -0.25) is 4.79 Å². The summed E-state index contributed by atoms with van der Waals surface area (Å²) in [6.07, 6.45) is 0. The highest BCUT2D eigenvalue weighted by Crippen LogP contribution is 2.27. The lowest BCUT2D eigenvalue weighted by Gasteiger charge is -2.09. The minimum absolute atomic E-state index is 0.0698. The first-order valence-electron chi connectivity index (χ1n) is 8.52. The van der Waals surface area contributed by atoms with Crippen LogP contribution in [0, 0.1) is 13.8 Å². The van der Waals surface area contributed by atoms with Gasteiger partial charge in [0.2, 0.25) is 0 Å². The van der Waals surface area contributed by atoms with Crippen LogP contribution in [-0.4, -0.2) is 25.4 Å². The Morgan fingerprint density at radius 3 is 2.54 bits per heavy atom. The van der Waals surface area contributed by atoms with E-state index in [-0.39, 0.29) is 22.7 Å². The van der Waals surface area contributed by atoms with Crippen molar-refractivity contribution < 1.29 is 4.79 Å². The maximum absolute atomic E-state index is 12.7. The van der Waals surface area contributed by atoms with Gasteiger partial charge in [0.05, 0.1) is 10.7 Å². The molecule has 2 aromatic carbocycles. The topological polar surface area (TPSA) is 107 Å². The summed E-state index contributed by atoms with van der Waals surface area (Å²) in [6.45, 7) is 3.94. The number of amides is 1. The number of carbonyl (C=O) groups is 1. The molecule has 140 valence electrons. The van der Waals surface area contributed by atoms with Crippen LogP contribution in [-0.2, 0) is 0 Å². The molecular formula is C20H16ClN5O2. The average Bonchev–Trinajstić information content (AvgIpc) is 2.99. The van der Waals surface area contributed by atoms with Crippen LogP contribution in [0.5, 0.6) is 0 Å². The molecule has 7 nitrogen and oxygen atoms in total. The van der Waals surface area contributed by atoms with Crippen molar-refractivity contribution in [3.05, 3.63) is 74.8 Å². The number of halogens is 1. The summed E-state index contributed by atoms with van der Waals surface area (Å²) in [4.78, 5) is 36.1. The van der Waals surface area contributed by atoms with Gasteiger partial charge in [-0.15, -0.1) is 0 Å². The number of aromatic amines is 1. The van der Waals surface area contributed by atoms with Crippen LogP contribution < -0.4 is 11.4 Å². The van der Waals surface area contributed by atoms with Crippen molar-refractivity contribution >= 4 is 28.7 Å². The molecule has 4 aromatic rings. The molecule has 1 amide bonds. The Morgan fingerprint density at radius 2 is 1.86 bits per heavy atom. The highest BCUT2D eigenvalue weighted by atomic mass is 35.5. The fraction of sp³-hybridized carbons (Fsp3) is 0.100. The van der Waals surface area contributed by atoms with Gasteiger partial charge in [0.1, 0.15) is 5.52 Å². The Morgan fingerprint density at radius 1 is 1.11 bits per heavy atom. The number of hydrogen-bond donors (Lipinski definition) is 2. The van der Waals surface area contributed by atoms with E-state index in [0.717, 1.165) is 11.1 Å². The number of primary amides is 1. The molecule has 3 N–H and O–H groups in total. The minimum atomic E-state index is -0.769. The van der Waals surface area contributed by atoms with E-state index in [4.69, 9.17) is 17.3 Å². The molecule has 8 heteroatoms. The number of aromatic nitrogens is 4. The fourth-order valence-corrected chi connectivity index (χ4v) is 3.25. The molecule has 0 aliphatic carbocycles. The molecule has 0 atom stereocenters. The first-order chi connectivity index (χ1) is 13.4.